The fraction of sp³-hybridized carbons (Fsp3) is 0.360. The number of halogens is 2. The number of rotatable bonds is 7. The van der Waals surface area contributed by atoms with Gasteiger partial charge in [0.25, 0.3) is 11.5 Å². The van der Waals surface area contributed by atoms with Crippen LogP contribution in [-0.2, 0) is 9.53 Å². The Morgan fingerprint density at radius 1 is 1.28 bits per heavy atom. The van der Waals surface area contributed by atoms with Crippen molar-refractivity contribution < 1.29 is 19.0 Å². The number of ether oxygens (including phenoxy) is 3. The van der Waals surface area contributed by atoms with Crippen LogP contribution in [0.15, 0.2) is 44.7 Å². The van der Waals surface area contributed by atoms with Crippen molar-refractivity contribution in [2.75, 3.05) is 40.0 Å². The summed E-state index contributed by atoms with van der Waals surface area (Å²) in [6.07, 6.45) is 1.51. The SMILES string of the molecule is COc1cc(C=Nn2c(C(C)C)nc3ccc(Br)cc3c2=O)cc(Cl)c1OCC(=O)N1CCOCC1. The number of morpholine rings is 1. The summed E-state index contributed by atoms with van der Waals surface area (Å²) in [5.41, 5.74) is 0.914. The normalized spacial score (nSPS) is 14.1. The van der Waals surface area contributed by atoms with Crippen molar-refractivity contribution in [3.8, 4) is 11.5 Å². The summed E-state index contributed by atoms with van der Waals surface area (Å²) in [5.74, 6) is 0.940. The molecule has 0 spiro atoms. The second-order valence-corrected chi connectivity index (χ2v) is 9.79. The van der Waals surface area contributed by atoms with Crippen molar-refractivity contribution in [3.05, 3.63) is 61.6 Å². The van der Waals surface area contributed by atoms with Gasteiger partial charge in [0.15, 0.2) is 18.1 Å². The first kappa shape index (κ1) is 26.1. The zero-order valence-corrected chi connectivity index (χ0v) is 22.5. The van der Waals surface area contributed by atoms with E-state index >= 15 is 0 Å². The minimum absolute atomic E-state index is 0.0409. The van der Waals surface area contributed by atoms with Gasteiger partial charge < -0.3 is 19.1 Å². The monoisotopic (exact) mass is 576 g/mol. The van der Waals surface area contributed by atoms with E-state index in [2.05, 4.69) is 26.0 Å². The summed E-state index contributed by atoms with van der Waals surface area (Å²) in [6.45, 7) is 5.80. The Hall–Kier alpha value is -2.95. The molecule has 1 aromatic heterocycles. The Labute approximate surface area is 221 Å². The van der Waals surface area contributed by atoms with E-state index in [1.807, 2.05) is 19.9 Å². The number of hydrogen-bond donors (Lipinski definition) is 0. The third-order valence-corrected chi connectivity index (χ3v) is 6.40. The van der Waals surface area contributed by atoms with Gasteiger partial charge in [-0.15, -0.1) is 0 Å². The van der Waals surface area contributed by atoms with Crippen LogP contribution in [0.2, 0.25) is 5.02 Å². The van der Waals surface area contributed by atoms with E-state index in [-0.39, 0.29) is 34.8 Å². The third kappa shape index (κ3) is 5.71. The highest BCUT2D eigenvalue weighted by Crippen LogP contribution is 2.36. The van der Waals surface area contributed by atoms with Crippen LogP contribution in [0.3, 0.4) is 0 Å². The number of hydrogen-bond acceptors (Lipinski definition) is 7. The zero-order valence-electron chi connectivity index (χ0n) is 20.2. The van der Waals surface area contributed by atoms with E-state index < -0.39 is 0 Å². The molecular formula is C25H26BrClN4O5. The number of benzene rings is 2. The predicted molar refractivity (Wildman–Crippen MR) is 142 cm³/mol. The number of carbonyl (C=O) groups excluding carboxylic acids is 1. The molecule has 2 aromatic carbocycles. The third-order valence-electron chi connectivity index (χ3n) is 5.63. The summed E-state index contributed by atoms with van der Waals surface area (Å²) in [6, 6.07) is 8.68. The van der Waals surface area contributed by atoms with Gasteiger partial charge in [-0.1, -0.05) is 41.4 Å². The number of methoxy groups -OCH3 is 1. The first-order valence-electron chi connectivity index (χ1n) is 11.4. The summed E-state index contributed by atoms with van der Waals surface area (Å²) in [7, 11) is 1.48. The topological polar surface area (TPSA) is 95.2 Å². The number of fused-ring (bicyclic) bond motifs is 1. The van der Waals surface area contributed by atoms with Gasteiger partial charge in [-0.25, -0.2) is 4.98 Å². The second-order valence-electron chi connectivity index (χ2n) is 8.46. The highest BCUT2D eigenvalue weighted by molar-refractivity contribution is 9.10. The Kier molecular flexibility index (Phi) is 8.28. The Morgan fingerprint density at radius 2 is 2.03 bits per heavy atom. The minimum Gasteiger partial charge on any atom is -0.493 e. The lowest BCUT2D eigenvalue weighted by atomic mass is 10.2. The van der Waals surface area contributed by atoms with Crippen LogP contribution < -0.4 is 15.0 Å². The lowest BCUT2D eigenvalue weighted by Gasteiger charge is -2.26. The average Bonchev–Trinajstić information content (AvgIpc) is 2.87. The fourth-order valence-corrected chi connectivity index (χ4v) is 4.40. The molecule has 0 unspecified atom stereocenters. The molecule has 36 heavy (non-hydrogen) atoms. The van der Waals surface area contributed by atoms with Crippen molar-refractivity contribution in [2.45, 2.75) is 19.8 Å². The van der Waals surface area contributed by atoms with Gasteiger partial charge in [-0.05, 0) is 35.9 Å². The lowest BCUT2D eigenvalue weighted by Crippen LogP contribution is -2.43. The van der Waals surface area contributed by atoms with E-state index in [1.165, 1.54) is 18.0 Å². The maximum Gasteiger partial charge on any atom is 0.282 e. The Morgan fingerprint density at radius 3 is 2.72 bits per heavy atom. The molecule has 11 heteroatoms. The molecule has 3 aromatic rings. The van der Waals surface area contributed by atoms with Crippen LogP contribution in [0.5, 0.6) is 11.5 Å². The van der Waals surface area contributed by atoms with Crippen LogP contribution >= 0.6 is 27.5 Å². The molecule has 0 N–H and O–H groups in total. The van der Waals surface area contributed by atoms with Gasteiger partial charge in [0.05, 0.1) is 42.5 Å². The van der Waals surface area contributed by atoms with E-state index in [4.69, 9.17) is 25.8 Å². The van der Waals surface area contributed by atoms with Crippen LogP contribution in [0, 0.1) is 0 Å². The molecule has 0 radical (unpaired) electrons. The maximum absolute atomic E-state index is 13.2. The Balaban J connectivity index is 1.62. The van der Waals surface area contributed by atoms with E-state index in [9.17, 15) is 9.59 Å². The zero-order chi connectivity index (χ0) is 25.8. The molecule has 4 rings (SSSR count). The van der Waals surface area contributed by atoms with E-state index in [0.717, 1.165) is 4.47 Å². The summed E-state index contributed by atoms with van der Waals surface area (Å²) < 4.78 is 18.5. The highest BCUT2D eigenvalue weighted by atomic mass is 79.9. The van der Waals surface area contributed by atoms with Gasteiger partial charge in [0.1, 0.15) is 5.82 Å². The van der Waals surface area contributed by atoms with Gasteiger partial charge in [-0.2, -0.15) is 9.78 Å². The standard InChI is InChI=1S/C25H26BrClN4O5/c1-15(2)24-29-20-5-4-17(26)12-18(20)25(33)31(24)28-13-16-10-19(27)23(21(11-16)34-3)36-14-22(32)30-6-8-35-9-7-30/h4-5,10-13,15H,6-9,14H2,1-3H3. The highest BCUT2D eigenvalue weighted by Gasteiger charge is 2.20. The lowest BCUT2D eigenvalue weighted by molar-refractivity contribution is -0.137. The summed E-state index contributed by atoms with van der Waals surface area (Å²) in [5, 5.41) is 5.14. The average molecular weight is 578 g/mol. The van der Waals surface area contributed by atoms with Crippen molar-refractivity contribution in [2.24, 2.45) is 5.10 Å². The molecule has 1 amide bonds. The number of amides is 1. The number of nitrogens with zero attached hydrogens (tertiary/aromatic N) is 4. The van der Waals surface area contributed by atoms with Crippen molar-refractivity contribution >= 4 is 50.6 Å². The molecule has 2 heterocycles. The Bertz CT molecular complexity index is 1370. The molecule has 0 bridgehead atoms. The van der Waals surface area contributed by atoms with Gasteiger partial charge in [-0.3, -0.25) is 9.59 Å². The maximum atomic E-state index is 13.2. The molecule has 1 saturated heterocycles. The molecular weight excluding hydrogens is 552 g/mol. The van der Waals surface area contributed by atoms with Crippen LogP contribution in [-0.4, -0.2) is 66.7 Å². The summed E-state index contributed by atoms with van der Waals surface area (Å²) in [4.78, 5) is 32.0. The molecule has 1 aliphatic rings. The smallest absolute Gasteiger partial charge is 0.282 e. The predicted octanol–water partition coefficient (Wildman–Crippen LogP) is 4.06. The molecule has 0 saturated carbocycles. The van der Waals surface area contributed by atoms with Crippen LogP contribution in [0.25, 0.3) is 10.9 Å². The van der Waals surface area contributed by atoms with E-state index in [1.54, 1.807) is 29.2 Å². The van der Waals surface area contributed by atoms with E-state index in [0.29, 0.717) is 54.3 Å². The van der Waals surface area contributed by atoms with Gasteiger partial charge in [0, 0.05) is 23.5 Å². The first-order chi connectivity index (χ1) is 17.3. The van der Waals surface area contributed by atoms with Gasteiger partial charge in [0.2, 0.25) is 0 Å². The second kappa shape index (κ2) is 11.4. The van der Waals surface area contributed by atoms with Gasteiger partial charge >= 0.3 is 0 Å². The van der Waals surface area contributed by atoms with Crippen molar-refractivity contribution in [1.82, 2.24) is 14.6 Å². The molecule has 1 fully saturated rings. The molecule has 0 aliphatic carbocycles. The molecule has 9 nitrogen and oxygen atoms in total. The van der Waals surface area contributed by atoms with Crippen molar-refractivity contribution in [3.63, 3.8) is 0 Å². The first-order valence-corrected chi connectivity index (χ1v) is 12.6. The van der Waals surface area contributed by atoms with Crippen LogP contribution in [0.4, 0.5) is 0 Å². The van der Waals surface area contributed by atoms with Crippen LogP contribution in [0.1, 0.15) is 31.2 Å². The summed E-state index contributed by atoms with van der Waals surface area (Å²) >= 11 is 9.88. The quantitative estimate of drug-likeness (QED) is 0.393. The fourth-order valence-electron chi connectivity index (χ4n) is 3.77. The number of aromatic nitrogens is 2. The number of carbonyl (C=O) groups is 1. The minimum atomic E-state index is -0.277. The molecule has 190 valence electrons. The van der Waals surface area contributed by atoms with Crippen molar-refractivity contribution in [1.29, 1.82) is 0 Å². The molecule has 1 aliphatic heterocycles. The largest absolute Gasteiger partial charge is 0.493 e. The molecule has 0 atom stereocenters.